The monoisotopic (exact) mass is 288 g/mol. The molecule has 4 heteroatoms. The van der Waals surface area contributed by atoms with Crippen LogP contribution in [0.4, 0.5) is 0 Å². The average molecular weight is 288 g/mol. The van der Waals surface area contributed by atoms with Crippen LogP contribution >= 0.6 is 0 Å². The van der Waals surface area contributed by atoms with Gasteiger partial charge in [-0.2, -0.15) is 0 Å². The second-order valence-corrected chi connectivity index (χ2v) is 5.75. The van der Waals surface area contributed by atoms with Crippen molar-refractivity contribution < 1.29 is 9.59 Å². The minimum absolute atomic E-state index is 0.0252. The average Bonchev–Trinajstić information content (AvgIpc) is 2.54. The molecule has 1 unspecified atom stereocenters. The Morgan fingerprint density at radius 3 is 2.48 bits per heavy atom. The molecule has 2 rings (SSSR count). The number of amides is 2. The Bertz CT molecular complexity index is 467. The topological polar surface area (TPSA) is 58.2 Å². The van der Waals surface area contributed by atoms with Crippen LogP contribution in [0.3, 0.4) is 0 Å². The summed E-state index contributed by atoms with van der Waals surface area (Å²) in [6, 6.07) is 9.75. The molecule has 1 fully saturated rings. The highest BCUT2D eigenvalue weighted by Gasteiger charge is 2.21. The summed E-state index contributed by atoms with van der Waals surface area (Å²) in [4.78, 5) is 23.9. The van der Waals surface area contributed by atoms with Gasteiger partial charge in [-0.15, -0.1) is 0 Å². The normalized spacial score (nSPS) is 17.0. The lowest BCUT2D eigenvalue weighted by molar-refractivity contribution is -0.129. The molecule has 0 aromatic heterocycles. The molecule has 1 aromatic rings. The maximum atomic E-state index is 12.0. The van der Waals surface area contributed by atoms with Gasteiger partial charge in [0, 0.05) is 5.92 Å². The maximum absolute atomic E-state index is 12.0. The SMILES string of the molecule is CC(NC(=O)CNC(=O)C1CCCCC1)c1ccccc1. The number of carbonyl (C=O) groups excluding carboxylic acids is 2. The molecule has 114 valence electrons. The third-order valence-electron chi connectivity index (χ3n) is 4.08. The van der Waals surface area contributed by atoms with Crippen molar-refractivity contribution in [3.63, 3.8) is 0 Å². The van der Waals surface area contributed by atoms with Crippen molar-refractivity contribution in [2.45, 2.75) is 45.1 Å². The molecule has 1 aliphatic carbocycles. The van der Waals surface area contributed by atoms with E-state index in [9.17, 15) is 9.59 Å². The van der Waals surface area contributed by atoms with E-state index in [1.807, 2.05) is 37.3 Å². The van der Waals surface area contributed by atoms with Gasteiger partial charge in [0.1, 0.15) is 0 Å². The number of carbonyl (C=O) groups is 2. The Balaban J connectivity index is 1.73. The van der Waals surface area contributed by atoms with Gasteiger partial charge >= 0.3 is 0 Å². The fourth-order valence-corrected chi connectivity index (χ4v) is 2.79. The van der Waals surface area contributed by atoms with Crippen LogP contribution in [0.15, 0.2) is 30.3 Å². The minimum atomic E-state index is -0.143. The van der Waals surface area contributed by atoms with Gasteiger partial charge < -0.3 is 10.6 Å². The van der Waals surface area contributed by atoms with Crippen LogP contribution in [0.1, 0.15) is 50.6 Å². The van der Waals surface area contributed by atoms with Crippen LogP contribution in [-0.2, 0) is 9.59 Å². The second kappa shape index (κ2) is 7.81. The maximum Gasteiger partial charge on any atom is 0.239 e. The summed E-state index contributed by atoms with van der Waals surface area (Å²) in [6.45, 7) is 2.00. The first-order valence-electron chi connectivity index (χ1n) is 7.79. The van der Waals surface area contributed by atoms with Gasteiger partial charge in [-0.1, -0.05) is 49.6 Å². The third kappa shape index (κ3) is 4.88. The molecule has 1 saturated carbocycles. The van der Waals surface area contributed by atoms with E-state index in [0.29, 0.717) is 0 Å². The predicted molar refractivity (Wildman–Crippen MR) is 82.6 cm³/mol. The van der Waals surface area contributed by atoms with Crippen molar-refractivity contribution in [1.29, 1.82) is 0 Å². The van der Waals surface area contributed by atoms with Crippen molar-refractivity contribution in [3.8, 4) is 0 Å². The van der Waals surface area contributed by atoms with Gasteiger partial charge in [0.15, 0.2) is 0 Å². The summed E-state index contributed by atoms with van der Waals surface area (Å²) in [7, 11) is 0. The molecule has 1 aromatic carbocycles. The smallest absolute Gasteiger partial charge is 0.239 e. The quantitative estimate of drug-likeness (QED) is 0.875. The molecule has 1 aliphatic rings. The van der Waals surface area contributed by atoms with Gasteiger partial charge in [-0.05, 0) is 25.3 Å². The van der Waals surface area contributed by atoms with Gasteiger partial charge in [-0.3, -0.25) is 9.59 Å². The molecule has 0 spiro atoms. The van der Waals surface area contributed by atoms with Crippen LogP contribution in [0.2, 0.25) is 0 Å². The standard InChI is InChI=1S/C17H24N2O2/c1-13(14-8-4-2-5-9-14)19-16(20)12-18-17(21)15-10-6-3-7-11-15/h2,4-5,8-9,13,15H,3,6-7,10-12H2,1H3,(H,18,21)(H,19,20). The summed E-state index contributed by atoms with van der Waals surface area (Å²) in [5.74, 6) is -0.0224. The molecular formula is C17H24N2O2. The number of hydrogen-bond acceptors (Lipinski definition) is 2. The van der Waals surface area contributed by atoms with E-state index >= 15 is 0 Å². The third-order valence-corrected chi connectivity index (χ3v) is 4.08. The number of rotatable bonds is 5. The van der Waals surface area contributed by atoms with E-state index in [1.54, 1.807) is 0 Å². The lowest BCUT2D eigenvalue weighted by Crippen LogP contribution is -2.40. The fraction of sp³-hybridized carbons (Fsp3) is 0.529. The van der Waals surface area contributed by atoms with Gasteiger partial charge in [-0.25, -0.2) is 0 Å². The first kappa shape index (κ1) is 15.5. The molecule has 0 bridgehead atoms. The number of hydrogen-bond donors (Lipinski definition) is 2. The van der Waals surface area contributed by atoms with Gasteiger partial charge in [0.25, 0.3) is 0 Å². The summed E-state index contributed by atoms with van der Waals surface area (Å²) < 4.78 is 0. The van der Waals surface area contributed by atoms with E-state index in [1.165, 1.54) is 6.42 Å². The molecule has 1 atom stereocenters. The minimum Gasteiger partial charge on any atom is -0.348 e. The molecule has 2 amide bonds. The lowest BCUT2D eigenvalue weighted by Gasteiger charge is -2.21. The molecule has 4 nitrogen and oxygen atoms in total. The summed E-state index contributed by atoms with van der Waals surface area (Å²) >= 11 is 0. The highest BCUT2D eigenvalue weighted by molar-refractivity contribution is 5.86. The van der Waals surface area contributed by atoms with Crippen molar-refractivity contribution in [2.24, 2.45) is 5.92 Å². The van der Waals surface area contributed by atoms with Crippen LogP contribution in [0, 0.1) is 5.92 Å². The molecule has 0 saturated heterocycles. The zero-order valence-corrected chi connectivity index (χ0v) is 12.6. The van der Waals surface area contributed by atoms with Crippen LogP contribution in [0.5, 0.6) is 0 Å². The predicted octanol–water partition coefficient (Wildman–Crippen LogP) is 2.56. The lowest BCUT2D eigenvalue weighted by atomic mass is 9.89. The number of nitrogens with one attached hydrogen (secondary N) is 2. The van der Waals surface area contributed by atoms with Crippen molar-refractivity contribution in [3.05, 3.63) is 35.9 Å². The highest BCUT2D eigenvalue weighted by Crippen LogP contribution is 2.23. The zero-order chi connectivity index (χ0) is 15.1. The van der Waals surface area contributed by atoms with Gasteiger partial charge in [0.05, 0.1) is 12.6 Å². The van der Waals surface area contributed by atoms with E-state index in [-0.39, 0.29) is 30.3 Å². The number of benzene rings is 1. The van der Waals surface area contributed by atoms with E-state index < -0.39 is 0 Å². The fourth-order valence-electron chi connectivity index (χ4n) is 2.79. The summed E-state index contributed by atoms with van der Waals surface area (Å²) in [5, 5.41) is 5.66. The second-order valence-electron chi connectivity index (χ2n) is 5.75. The van der Waals surface area contributed by atoms with Gasteiger partial charge in [0.2, 0.25) is 11.8 Å². The Hall–Kier alpha value is -1.84. The van der Waals surface area contributed by atoms with Crippen LogP contribution < -0.4 is 10.6 Å². The van der Waals surface area contributed by atoms with Crippen LogP contribution in [-0.4, -0.2) is 18.4 Å². The molecule has 2 N–H and O–H groups in total. The Kier molecular flexibility index (Phi) is 5.78. The van der Waals surface area contributed by atoms with Crippen molar-refractivity contribution >= 4 is 11.8 Å². The molecule has 0 radical (unpaired) electrons. The molecule has 0 heterocycles. The Morgan fingerprint density at radius 1 is 1.14 bits per heavy atom. The Labute approximate surface area is 126 Å². The van der Waals surface area contributed by atoms with E-state index in [0.717, 1.165) is 31.2 Å². The summed E-state index contributed by atoms with van der Waals surface area (Å²) in [6.07, 6.45) is 5.37. The highest BCUT2D eigenvalue weighted by atomic mass is 16.2. The Morgan fingerprint density at radius 2 is 1.81 bits per heavy atom. The van der Waals surface area contributed by atoms with E-state index in [2.05, 4.69) is 10.6 Å². The first-order valence-corrected chi connectivity index (χ1v) is 7.79. The van der Waals surface area contributed by atoms with E-state index in [4.69, 9.17) is 0 Å². The molecule has 0 aliphatic heterocycles. The largest absolute Gasteiger partial charge is 0.348 e. The molecular weight excluding hydrogens is 264 g/mol. The van der Waals surface area contributed by atoms with Crippen molar-refractivity contribution in [2.75, 3.05) is 6.54 Å². The van der Waals surface area contributed by atoms with Crippen molar-refractivity contribution in [1.82, 2.24) is 10.6 Å². The first-order chi connectivity index (χ1) is 10.2. The molecule has 21 heavy (non-hydrogen) atoms. The zero-order valence-electron chi connectivity index (χ0n) is 12.6. The van der Waals surface area contributed by atoms with Crippen LogP contribution in [0.25, 0.3) is 0 Å². The summed E-state index contributed by atoms with van der Waals surface area (Å²) in [5.41, 5.74) is 1.06.